The second-order valence-electron chi connectivity index (χ2n) is 4.24. The molecule has 106 valence electrons. The summed E-state index contributed by atoms with van der Waals surface area (Å²) in [7, 11) is -1.40. The number of amides is 1. The fourth-order valence-corrected chi connectivity index (χ4v) is 2.15. The molecular formula is C9H19N3O5S. The fourth-order valence-electron chi connectivity index (χ4n) is 0.922. The van der Waals surface area contributed by atoms with Gasteiger partial charge in [-0.05, 0) is 13.8 Å². The van der Waals surface area contributed by atoms with Gasteiger partial charge in [0.2, 0.25) is 5.91 Å². The van der Waals surface area contributed by atoms with Gasteiger partial charge in [0.05, 0.1) is 13.5 Å². The van der Waals surface area contributed by atoms with E-state index in [4.69, 9.17) is 5.73 Å². The van der Waals surface area contributed by atoms with E-state index in [1.54, 1.807) is 0 Å². The lowest BCUT2D eigenvalue weighted by Crippen LogP contribution is -2.56. The van der Waals surface area contributed by atoms with E-state index in [1.165, 1.54) is 28.0 Å². The van der Waals surface area contributed by atoms with Crippen LogP contribution in [0.1, 0.15) is 20.3 Å². The minimum absolute atomic E-state index is 0.0587. The van der Waals surface area contributed by atoms with Gasteiger partial charge in [-0.3, -0.25) is 9.59 Å². The number of rotatable bonds is 7. The summed E-state index contributed by atoms with van der Waals surface area (Å²) in [6, 6.07) is 0. The smallest absolute Gasteiger partial charge is 0.306 e. The molecule has 0 saturated heterocycles. The summed E-state index contributed by atoms with van der Waals surface area (Å²) in [5, 5.41) is 0. The van der Waals surface area contributed by atoms with Crippen molar-refractivity contribution in [3.05, 3.63) is 0 Å². The van der Waals surface area contributed by atoms with Gasteiger partial charge in [-0.15, -0.1) is 0 Å². The average Bonchev–Trinajstić information content (AvgIpc) is 2.23. The van der Waals surface area contributed by atoms with Crippen LogP contribution in [-0.2, 0) is 24.5 Å². The zero-order valence-electron chi connectivity index (χ0n) is 10.9. The number of esters is 1. The molecule has 0 unspecified atom stereocenters. The molecule has 1 amide bonds. The number of nitrogens with one attached hydrogen (secondary N) is 1. The van der Waals surface area contributed by atoms with Crippen molar-refractivity contribution in [2.45, 2.75) is 25.8 Å². The average molecular weight is 281 g/mol. The quantitative estimate of drug-likeness (QED) is 0.555. The molecule has 18 heavy (non-hydrogen) atoms. The number of carbonyl (C=O) groups excluding carboxylic acids is 2. The van der Waals surface area contributed by atoms with Crippen molar-refractivity contribution >= 4 is 22.1 Å². The van der Waals surface area contributed by atoms with Gasteiger partial charge in [-0.25, -0.2) is 0 Å². The van der Waals surface area contributed by atoms with Crippen molar-refractivity contribution in [2.75, 3.05) is 20.7 Å². The Morgan fingerprint density at radius 2 is 1.89 bits per heavy atom. The minimum Gasteiger partial charge on any atom is -0.469 e. The van der Waals surface area contributed by atoms with Gasteiger partial charge < -0.3 is 10.5 Å². The lowest BCUT2D eigenvalue weighted by molar-refractivity contribution is -0.140. The molecule has 3 N–H and O–H groups in total. The van der Waals surface area contributed by atoms with E-state index in [2.05, 4.69) is 9.46 Å². The molecule has 0 aliphatic carbocycles. The summed E-state index contributed by atoms with van der Waals surface area (Å²) in [5.41, 5.74) is 3.66. The lowest BCUT2D eigenvalue weighted by Gasteiger charge is -2.25. The first kappa shape index (κ1) is 16.8. The molecule has 0 radical (unpaired) electrons. The zero-order chi connectivity index (χ0) is 14.6. The van der Waals surface area contributed by atoms with Gasteiger partial charge in [0.1, 0.15) is 5.54 Å². The maximum absolute atomic E-state index is 11.8. The van der Waals surface area contributed by atoms with Crippen LogP contribution in [0.5, 0.6) is 0 Å². The Balaban J connectivity index is 4.64. The maximum Gasteiger partial charge on any atom is 0.306 e. The second kappa shape index (κ2) is 6.12. The van der Waals surface area contributed by atoms with Gasteiger partial charge >= 0.3 is 5.97 Å². The molecule has 0 aromatic rings. The summed E-state index contributed by atoms with van der Waals surface area (Å²) >= 11 is 0. The highest BCUT2D eigenvalue weighted by molar-refractivity contribution is 7.87. The molecule has 0 aromatic heterocycles. The third-order valence-electron chi connectivity index (χ3n) is 2.27. The second-order valence-corrected chi connectivity index (χ2v) is 6.02. The van der Waals surface area contributed by atoms with Gasteiger partial charge in [0.25, 0.3) is 10.2 Å². The van der Waals surface area contributed by atoms with E-state index in [0.717, 1.165) is 4.31 Å². The fraction of sp³-hybridized carbons (Fsp3) is 0.778. The Hall–Kier alpha value is -1.19. The lowest BCUT2D eigenvalue weighted by atomic mass is 10.1. The standard InChI is InChI=1S/C9H19N3O5S/c1-9(2,8(10)14)11-18(15,16)12(3)6-5-7(13)17-4/h11H,5-6H2,1-4H3,(H2,10,14). The summed E-state index contributed by atoms with van der Waals surface area (Å²) in [4.78, 5) is 21.9. The van der Waals surface area contributed by atoms with Crippen LogP contribution in [0.4, 0.5) is 0 Å². The van der Waals surface area contributed by atoms with Crippen LogP contribution in [0.2, 0.25) is 0 Å². The van der Waals surface area contributed by atoms with Crippen molar-refractivity contribution in [1.29, 1.82) is 0 Å². The summed E-state index contributed by atoms with van der Waals surface area (Å²) in [5.74, 6) is -1.32. The first-order valence-electron chi connectivity index (χ1n) is 5.15. The van der Waals surface area contributed by atoms with Crippen LogP contribution in [0.3, 0.4) is 0 Å². The van der Waals surface area contributed by atoms with E-state index in [1.807, 2.05) is 0 Å². The Morgan fingerprint density at radius 1 is 1.39 bits per heavy atom. The molecule has 8 nitrogen and oxygen atoms in total. The van der Waals surface area contributed by atoms with Crippen molar-refractivity contribution in [2.24, 2.45) is 5.73 Å². The molecule has 0 aromatic carbocycles. The number of primary amides is 1. The molecule has 0 fully saturated rings. The molecule has 0 atom stereocenters. The maximum atomic E-state index is 11.8. The number of hydrogen-bond acceptors (Lipinski definition) is 5. The molecule has 9 heteroatoms. The van der Waals surface area contributed by atoms with Crippen LogP contribution in [0, 0.1) is 0 Å². The van der Waals surface area contributed by atoms with Gasteiger partial charge in [-0.1, -0.05) is 0 Å². The largest absolute Gasteiger partial charge is 0.469 e. The first-order valence-corrected chi connectivity index (χ1v) is 6.59. The molecular weight excluding hydrogens is 262 g/mol. The normalized spacial score (nSPS) is 12.5. The topological polar surface area (TPSA) is 119 Å². The van der Waals surface area contributed by atoms with Crippen LogP contribution >= 0.6 is 0 Å². The van der Waals surface area contributed by atoms with Crippen molar-refractivity contribution < 1.29 is 22.7 Å². The van der Waals surface area contributed by atoms with Crippen LogP contribution in [0.15, 0.2) is 0 Å². The van der Waals surface area contributed by atoms with Gasteiger partial charge in [-0.2, -0.15) is 17.4 Å². The Bertz CT molecular complexity index is 418. The highest BCUT2D eigenvalue weighted by Gasteiger charge is 2.32. The third-order valence-corrected chi connectivity index (χ3v) is 4.04. The van der Waals surface area contributed by atoms with E-state index in [-0.39, 0.29) is 13.0 Å². The number of methoxy groups -OCH3 is 1. The minimum atomic E-state index is -3.89. The van der Waals surface area contributed by atoms with Gasteiger partial charge in [0.15, 0.2) is 0 Å². The van der Waals surface area contributed by atoms with Crippen LogP contribution in [-0.4, -0.2) is 50.8 Å². The Kier molecular flexibility index (Phi) is 5.71. The van der Waals surface area contributed by atoms with Crippen molar-refractivity contribution in [3.63, 3.8) is 0 Å². The SMILES string of the molecule is COC(=O)CCN(C)S(=O)(=O)NC(C)(C)C(N)=O. The molecule has 0 rings (SSSR count). The van der Waals surface area contributed by atoms with Crippen molar-refractivity contribution in [3.8, 4) is 0 Å². The van der Waals surface area contributed by atoms with E-state index >= 15 is 0 Å². The Labute approximate surface area is 107 Å². The van der Waals surface area contributed by atoms with Crippen LogP contribution in [0.25, 0.3) is 0 Å². The molecule has 0 aliphatic rings. The summed E-state index contributed by atoms with van der Waals surface area (Å²) in [6.45, 7) is 2.64. The molecule has 0 heterocycles. The number of nitrogens with zero attached hydrogens (tertiary/aromatic N) is 1. The molecule has 0 bridgehead atoms. The molecule has 0 spiro atoms. The number of hydrogen-bond donors (Lipinski definition) is 2. The number of nitrogens with two attached hydrogens (primary N) is 1. The van der Waals surface area contributed by atoms with Gasteiger partial charge in [0, 0.05) is 13.6 Å². The Morgan fingerprint density at radius 3 is 2.28 bits per heavy atom. The predicted molar refractivity (Wildman–Crippen MR) is 64.6 cm³/mol. The summed E-state index contributed by atoms with van der Waals surface area (Å²) in [6.07, 6.45) is -0.0785. The highest BCUT2D eigenvalue weighted by Crippen LogP contribution is 2.06. The first-order chi connectivity index (χ1) is 8.03. The molecule has 0 aliphatic heterocycles. The monoisotopic (exact) mass is 281 g/mol. The predicted octanol–water partition coefficient (Wildman–Crippen LogP) is -1.42. The zero-order valence-corrected chi connectivity index (χ0v) is 11.7. The van der Waals surface area contributed by atoms with Crippen LogP contribution < -0.4 is 10.5 Å². The van der Waals surface area contributed by atoms with Crippen molar-refractivity contribution in [1.82, 2.24) is 9.03 Å². The number of ether oxygens (including phenoxy) is 1. The highest BCUT2D eigenvalue weighted by atomic mass is 32.2. The van der Waals surface area contributed by atoms with E-state index in [0.29, 0.717) is 0 Å². The van der Waals surface area contributed by atoms with E-state index < -0.39 is 27.6 Å². The summed E-state index contributed by atoms with van der Waals surface area (Å²) < 4.78 is 31.1. The molecule has 0 saturated carbocycles. The third kappa shape index (κ3) is 4.98. The van der Waals surface area contributed by atoms with E-state index in [9.17, 15) is 18.0 Å². The number of carbonyl (C=O) groups is 2.